The highest BCUT2D eigenvalue weighted by Crippen LogP contribution is 2.31. The molecule has 0 unspecified atom stereocenters. The van der Waals surface area contributed by atoms with Gasteiger partial charge in [0.2, 0.25) is 0 Å². The summed E-state index contributed by atoms with van der Waals surface area (Å²) in [6.07, 6.45) is -2.83. The number of alkyl halides is 3. The first-order valence-electron chi connectivity index (χ1n) is 10.5. The van der Waals surface area contributed by atoms with E-state index in [4.69, 9.17) is 14.2 Å². The molecule has 1 aromatic rings. The standard InChI is InChI=1S/C21H28F3N3O5/c1-20(2,3)32-19(29)27(15-5-7-26(8-6-15)18(28)21(22,23)24)13-14-11-16-17(12-25-14)31-10-4-9-30-16/h11-12,15H,4-10,13H2,1-3H3. The third kappa shape index (κ3) is 6.17. The molecule has 32 heavy (non-hydrogen) atoms. The lowest BCUT2D eigenvalue weighted by Gasteiger charge is -2.39. The van der Waals surface area contributed by atoms with E-state index in [1.54, 1.807) is 26.8 Å². The molecule has 2 aliphatic rings. The Morgan fingerprint density at radius 2 is 1.78 bits per heavy atom. The zero-order chi connectivity index (χ0) is 23.5. The van der Waals surface area contributed by atoms with Crippen molar-refractivity contribution in [1.82, 2.24) is 14.8 Å². The van der Waals surface area contributed by atoms with E-state index in [1.807, 2.05) is 0 Å². The van der Waals surface area contributed by atoms with E-state index in [1.165, 1.54) is 11.1 Å². The molecule has 0 aromatic carbocycles. The Kier molecular flexibility index (Phi) is 7.04. The van der Waals surface area contributed by atoms with Crippen molar-refractivity contribution in [2.45, 2.75) is 64.4 Å². The summed E-state index contributed by atoms with van der Waals surface area (Å²) >= 11 is 0. The summed E-state index contributed by atoms with van der Waals surface area (Å²) in [6, 6.07) is 1.29. The Balaban J connectivity index is 1.75. The van der Waals surface area contributed by atoms with Crippen LogP contribution >= 0.6 is 0 Å². The molecule has 0 spiro atoms. The Morgan fingerprint density at radius 1 is 1.16 bits per heavy atom. The molecule has 0 saturated carbocycles. The minimum absolute atomic E-state index is 0.0867. The van der Waals surface area contributed by atoms with Crippen LogP contribution in [0.2, 0.25) is 0 Å². The van der Waals surface area contributed by atoms with Crippen molar-refractivity contribution in [3.63, 3.8) is 0 Å². The number of hydrogen-bond donors (Lipinski definition) is 0. The smallest absolute Gasteiger partial charge is 0.471 e. The Hall–Kier alpha value is -2.72. The molecule has 0 N–H and O–H groups in total. The summed E-state index contributed by atoms with van der Waals surface area (Å²) in [5, 5.41) is 0. The van der Waals surface area contributed by atoms with Crippen LogP contribution in [-0.2, 0) is 16.1 Å². The third-order valence-corrected chi connectivity index (χ3v) is 5.09. The molecular weight excluding hydrogens is 431 g/mol. The van der Waals surface area contributed by atoms with Gasteiger partial charge in [-0.1, -0.05) is 0 Å². The SMILES string of the molecule is CC(C)(C)OC(=O)N(Cc1cc2c(cn1)OCCCO2)C1CCN(C(=O)C(F)(F)F)CC1. The lowest BCUT2D eigenvalue weighted by Crippen LogP contribution is -2.51. The second-order valence-corrected chi connectivity index (χ2v) is 8.80. The number of likely N-dealkylation sites (tertiary alicyclic amines) is 1. The van der Waals surface area contributed by atoms with Crippen LogP contribution in [0, 0.1) is 0 Å². The van der Waals surface area contributed by atoms with Gasteiger partial charge < -0.3 is 19.1 Å². The molecule has 3 heterocycles. The van der Waals surface area contributed by atoms with Crippen LogP contribution < -0.4 is 9.47 Å². The second-order valence-electron chi connectivity index (χ2n) is 8.80. The van der Waals surface area contributed by atoms with Gasteiger partial charge in [-0.25, -0.2) is 4.79 Å². The molecular formula is C21H28F3N3O5. The average molecular weight is 459 g/mol. The van der Waals surface area contributed by atoms with Gasteiger partial charge in [-0.05, 0) is 33.6 Å². The maximum atomic E-state index is 12.9. The molecule has 0 aliphatic carbocycles. The molecule has 1 fully saturated rings. The molecule has 3 rings (SSSR count). The van der Waals surface area contributed by atoms with E-state index in [0.717, 1.165) is 11.3 Å². The number of rotatable bonds is 3. The molecule has 1 saturated heterocycles. The monoisotopic (exact) mass is 459 g/mol. The van der Waals surface area contributed by atoms with Crippen molar-refractivity contribution in [3.8, 4) is 11.5 Å². The maximum Gasteiger partial charge on any atom is 0.471 e. The summed E-state index contributed by atoms with van der Waals surface area (Å²) in [4.78, 5) is 31.1. The van der Waals surface area contributed by atoms with Gasteiger partial charge in [0.15, 0.2) is 11.5 Å². The van der Waals surface area contributed by atoms with Crippen molar-refractivity contribution >= 4 is 12.0 Å². The quantitative estimate of drug-likeness (QED) is 0.688. The second kappa shape index (κ2) is 9.41. The molecule has 11 heteroatoms. The zero-order valence-corrected chi connectivity index (χ0v) is 18.4. The first kappa shape index (κ1) is 23.9. The maximum absolute atomic E-state index is 12.9. The van der Waals surface area contributed by atoms with Crippen LogP contribution in [0.1, 0.15) is 45.7 Å². The number of nitrogens with zero attached hydrogens (tertiary/aromatic N) is 3. The number of carbonyl (C=O) groups excluding carboxylic acids is 2. The molecule has 8 nitrogen and oxygen atoms in total. The van der Waals surface area contributed by atoms with E-state index in [2.05, 4.69) is 4.98 Å². The van der Waals surface area contributed by atoms with Crippen molar-refractivity contribution in [2.75, 3.05) is 26.3 Å². The molecule has 2 amide bonds. The Labute approximate surface area is 184 Å². The number of carbonyl (C=O) groups is 2. The first-order chi connectivity index (χ1) is 14.9. The van der Waals surface area contributed by atoms with Crippen LogP contribution in [0.3, 0.4) is 0 Å². The minimum Gasteiger partial charge on any atom is -0.489 e. The summed E-state index contributed by atoms with van der Waals surface area (Å²) in [5.74, 6) is -0.805. The molecule has 1 aromatic heterocycles. The number of fused-ring (bicyclic) bond motifs is 1. The Bertz CT molecular complexity index is 833. The summed E-state index contributed by atoms with van der Waals surface area (Å²) < 4.78 is 55.0. The molecule has 178 valence electrons. The fourth-order valence-electron chi connectivity index (χ4n) is 3.59. The van der Waals surface area contributed by atoms with Gasteiger partial charge in [-0.3, -0.25) is 14.7 Å². The zero-order valence-electron chi connectivity index (χ0n) is 18.4. The molecule has 0 bridgehead atoms. The number of aromatic nitrogens is 1. The number of amides is 2. The minimum atomic E-state index is -4.91. The van der Waals surface area contributed by atoms with Crippen molar-refractivity contribution in [3.05, 3.63) is 18.0 Å². The van der Waals surface area contributed by atoms with E-state index in [0.29, 0.717) is 30.4 Å². The highest BCUT2D eigenvalue weighted by atomic mass is 19.4. The summed E-state index contributed by atoms with van der Waals surface area (Å²) in [5.41, 5.74) is -0.214. The number of piperidine rings is 1. The van der Waals surface area contributed by atoms with Gasteiger partial charge >= 0.3 is 18.2 Å². The topological polar surface area (TPSA) is 81.2 Å². The molecule has 2 aliphatic heterocycles. The van der Waals surface area contributed by atoms with Crippen LogP contribution in [0.4, 0.5) is 18.0 Å². The van der Waals surface area contributed by atoms with Gasteiger partial charge in [0.05, 0.1) is 31.6 Å². The van der Waals surface area contributed by atoms with Gasteiger partial charge in [0.25, 0.3) is 0 Å². The predicted octanol–water partition coefficient (Wildman–Crippen LogP) is 3.53. The van der Waals surface area contributed by atoms with Gasteiger partial charge in [-0.2, -0.15) is 13.2 Å². The largest absolute Gasteiger partial charge is 0.489 e. The number of pyridine rings is 1. The highest BCUT2D eigenvalue weighted by Gasteiger charge is 2.44. The number of ether oxygens (including phenoxy) is 3. The van der Waals surface area contributed by atoms with Crippen LogP contribution in [0.5, 0.6) is 11.5 Å². The fraction of sp³-hybridized carbons (Fsp3) is 0.667. The van der Waals surface area contributed by atoms with Crippen molar-refractivity contribution in [2.24, 2.45) is 0 Å². The Morgan fingerprint density at radius 3 is 2.38 bits per heavy atom. The van der Waals surface area contributed by atoms with Crippen molar-refractivity contribution < 1.29 is 37.0 Å². The van der Waals surface area contributed by atoms with E-state index in [9.17, 15) is 22.8 Å². The first-order valence-corrected chi connectivity index (χ1v) is 10.5. The van der Waals surface area contributed by atoms with Crippen LogP contribution in [0.25, 0.3) is 0 Å². The van der Waals surface area contributed by atoms with E-state index < -0.39 is 29.8 Å². The molecule has 0 atom stereocenters. The predicted molar refractivity (Wildman–Crippen MR) is 107 cm³/mol. The third-order valence-electron chi connectivity index (χ3n) is 5.09. The van der Waals surface area contributed by atoms with Gasteiger partial charge in [0.1, 0.15) is 5.60 Å². The molecule has 0 radical (unpaired) electrons. The van der Waals surface area contributed by atoms with E-state index >= 15 is 0 Å². The average Bonchev–Trinajstić information content (AvgIpc) is 2.94. The summed E-state index contributed by atoms with van der Waals surface area (Å²) in [6.45, 7) is 6.11. The van der Waals surface area contributed by atoms with E-state index in [-0.39, 0.29) is 32.5 Å². The normalized spacial score (nSPS) is 17.5. The fourth-order valence-corrected chi connectivity index (χ4v) is 3.59. The van der Waals surface area contributed by atoms with Crippen molar-refractivity contribution in [1.29, 1.82) is 0 Å². The summed E-state index contributed by atoms with van der Waals surface area (Å²) in [7, 11) is 0. The lowest BCUT2D eigenvalue weighted by molar-refractivity contribution is -0.186. The van der Waals surface area contributed by atoms with Gasteiger partial charge in [-0.15, -0.1) is 0 Å². The number of hydrogen-bond acceptors (Lipinski definition) is 6. The number of halogens is 3. The van der Waals surface area contributed by atoms with Crippen LogP contribution in [0.15, 0.2) is 12.3 Å². The highest BCUT2D eigenvalue weighted by molar-refractivity contribution is 5.82. The van der Waals surface area contributed by atoms with Gasteiger partial charge in [0, 0.05) is 31.6 Å². The lowest BCUT2D eigenvalue weighted by atomic mass is 10.0. The van der Waals surface area contributed by atoms with Crippen LogP contribution in [-0.4, -0.2) is 70.9 Å².